The summed E-state index contributed by atoms with van der Waals surface area (Å²) < 4.78 is 0. The fourth-order valence-corrected chi connectivity index (χ4v) is 7.94. The van der Waals surface area contributed by atoms with Gasteiger partial charge in [-0.15, -0.1) is 0 Å². The van der Waals surface area contributed by atoms with Crippen LogP contribution in [-0.2, 0) is 0 Å². The van der Waals surface area contributed by atoms with Crippen LogP contribution >= 0.6 is 86.4 Å². The van der Waals surface area contributed by atoms with Gasteiger partial charge in [0.25, 0.3) is 0 Å². The number of hydrogen-bond donors (Lipinski definition) is 0. The fraction of sp³-hybridized carbons (Fsp3) is 0. The molecule has 4 aromatic heterocycles. The Morgan fingerprint density at radius 1 is 0.281 bits per heavy atom. The van der Waals surface area contributed by atoms with Crippen LogP contribution in [0.2, 0.25) is 0 Å². The molecule has 0 radical (unpaired) electrons. The molecular formula is C12H4N12S8. The maximum Gasteiger partial charge on any atom is 0.202 e. The van der Waals surface area contributed by atoms with E-state index in [0.717, 1.165) is 0 Å². The van der Waals surface area contributed by atoms with Crippen molar-refractivity contribution in [1.82, 2.24) is 59.8 Å². The summed E-state index contributed by atoms with van der Waals surface area (Å²) in [5, 5.41) is 4.28. The zero-order chi connectivity index (χ0) is 21.6. The van der Waals surface area contributed by atoms with Gasteiger partial charge in [-0.25, -0.2) is 39.9 Å². The van der Waals surface area contributed by atoms with Crippen LogP contribution < -0.4 is 0 Å². The van der Waals surface area contributed by atoms with Crippen molar-refractivity contribution in [2.75, 3.05) is 0 Å². The summed E-state index contributed by atoms with van der Waals surface area (Å²) in [6.07, 6.45) is 5.84. The largest absolute Gasteiger partial charge is 0.210 e. The van der Waals surface area contributed by atoms with Crippen LogP contribution in [0.4, 0.5) is 0 Å². The van der Waals surface area contributed by atoms with Gasteiger partial charge in [0, 0.05) is 0 Å². The smallest absolute Gasteiger partial charge is 0.202 e. The summed E-state index contributed by atoms with van der Waals surface area (Å²) in [6.45, 7) is 0. The molecule has 0 aliphatic carbocycles. The van der Waals surface area contributed by atoms with Crippen LogP contribution in [-0.4, -0.2) is 59.8 Å². The maximum atomic E-state index is 4.44. The normalized spacial score (nSPS) is 14.5. The first-order valence-corrected chi connectivity index (χ1v) is 16.5. The van der Waals surface area contributed by atoms with E-state index in [2.05, 4.69) is 59.8 Å². The third-order valence-electron chi connectivity index (χ3n) is 2.87. The van der Waals surface area contributed by atoms with Crippen molar-refractivity contribution in [2.45, 2.75) is 41.3 Å². The van der Waals surface area contributed by atoms with Crippen molar-refractivity contribution in [2.24, 2.45) is 0 Å². The Morgan fingerprint density at radius 2 is 0.438 bits per heavy atom. The molecule has 12 nitrogen and oxygen atoms in total. The van der Waals surface area contributed by atoms with Gasteiger partial charge < -0.3 is 0 Å². The second kappa shape index (κ2) is 11.3. The Hall–Kier alpha value is -1.16. The highest BCUT2D eigenvalue weighted by atomic mass is 33.1. The van der Waals surface area contributed by atoms with Gasteiger partial charge in [0.1, 0.15) is 25.3 Å². The standard InChI is InChI=1S/C12H4N12S8/c1-13-5-21-6(14-1)26-28-8-16-3-18-10(23-8)30-32-12-20-4-19-11(24-12)31-29-9-17-2-15-7(22-9)27-25-5/h1-4H. The first-order valence-electron chi connectivity index (χ1n) is 7.94. The highest BCUT2D eigenvalue weighted by Gasteiger charge is 2.12. The highest BCUT2D eigenvalue weighted by Crippen LogP contribution is 2.40. The van der Waals surface area contributed by atoms with E-state index < -0.39 is 0 Å². The topological polar surface area (TPSA) is 155 Å². The van der Waals surface area contributed by atoms with Gasteiger partial charge in [-0.2, -0.15) is 19.9 Å². The van der Waals surface area contributed by atoms with E-state index >= 15 is 0 Å². The molecule has 4 aromatic rings. The van der Waals surface area contributed by atoms with E-state index in [9.17, 15) is 0 Å². The van der Waals surface area contributed by atoms with Gasteiger partial charge >= 0.3 is 0 Å². The molecule has 0 amide bonds. The molecule has 0 saturated heterocycles. The molecule has 0 N–H and O–H groups in total. The summed E-state index contributed by atoms with van der Waals surface area (Å²) in [5.41, 5.74) is 0. The second-order valence-electron chi connectivity index (χ2n) is 4.87. The minimum absolute atomic E-state index is 0.535. The number of aromatic nitrogens is 12. The monoisotopic (exact) mass is 572 g/mol. The van der Waals surface area contributed by atoms with Crippen molar-refractivity contribution in [3.63, 3.8) is 0 Å². The van der Waals surface area contributed by atoms with E-state index in [1.807, 2.05) is 0 Å². The summed E-state index contributed by atoms with van der Waals surface area (Å²) >= 11 is 0. The Kier molecular flexibility index (Phi) is 8.00. The molecule has 0 aromatic carbocycles. The first kappa shape index (κ1) is 22.6. The lowest BCUT2D eigenvalue weighted by Gasteiger charge is -2.04. The molecule has 5 heterocycles. The lowest BCUT2D eigenvalue weighted by Crippen LogP contribution is -1.94. The molecule has 32 heavy (non-hydrogen) atoms. The lowest BCUT2D eigenvalue weighted by atomic mass is 11.1. The molecule has 0 atom stereocenters. The van der Waals surface area contributed by atoms with E-state index in [0.29, 0.717) is 41.3 Å². The summed E-state index contributed by atoms with van der Waals surface area (Å²) in [4.78, 5) is 51.3. The average molecular weight is 573 g/mol. The van der Waals surface area contributed by atoms with Crippen LogP contribution in [0.3, 0.4) is 0 Å². The molecule has 1 aliphatic rings. The maximum absolute atomic E-state index is 4.44. The summed E-state index contributed by atoms with van der Waals surface area (Å²) in [7, 11) is 10.6. The molecule has 160 valence electrons. The number of fused-ring (bicyclic) bond motifs is 8. The number of hydrogen-bond acceptors (Lipinski definition) is 20. The van der Waals surface area contributed by atoms with Crippen molar-refractivity contribution >= 4 is 86.4 Å². The van der Waals surface area contributed by atoms with Gasteiger partial charge in [-0.05, 0) is 86.4 Å². The Labute approximate surface area is 211 Å². The molecule has 5 rings (SSSR count). The average Bonchev–Trinajstić information content (AvgIpc) is 2.84. The number of nitrogens with zero attached hydrogens (tertiary/aromatic N) is 12. The van der Waals surface area contributed by atoms with Crippen molar-refractivity contribution in [1.29, 1.82) is 0 Å². The van der Waals surface area contributed by atoms with Gasteiger partial charge in [0.15, 0.2) is 0 Å². The Balaban J connectivity index is 1.42. The van der Waals surface area contributed by atoms with Gasteiger partial charge in [-0.3, -0.25) is 0 Å². The zero-order valence-electron chi connectivity index (χ0n) is 14.9. The molecular weight excluding hydrogens is 569 g/mol. The van der Waals surface area contributed by atoms with E-state index in [1.54, 1.807) is 0 Å². The van der Waals surface area contributed by atoms with E-state index in [1.165, 1.54) is 112 Å². The Morgan fingerprint density at radius 3 is 0.594 bits per heavy atom. The third kappa shape index (κ3) is 6.46. The first-order chi connectivity index (χ1) is 15.8. The van der Waals surface area contributed by atoms with Gasteiger partial charge in [-0.1, -0.05) is 0 Å². The highest BCUT2D eigenvalue weighted by molar-refractivity contribution is 8.77. The zero-order valence-corrected chi connectivity index (χ0v) is 21.5. The molecule has 0 spiro atoms. The van der Waals surface area contributed by atoms with Crippen LogP contribution in [0.1, 0.15) is 0 Å². The minimum atomic E-state index is 0.535. The molecule has 8 bridgehead atoms. The molecule has 0 fully saturated rings. The van der Waals surface area contributed by atoms with Crippen LogP contribution in [0.25, 0.3) is 0 Å². The predicted octanol–water partition coefficient (Wildman–Crippen LogP) is 3.94. The van der Waals surface area contributed by atoms with Crippen LogP contribution in [0.5, 0.6) is 0 Å². The molecule has 1 aliphatic heterocycles. The van der Waals surface area contributed by atoms with Gasteiger partial charge in [0.2, 0.25) is 41.3 Å². The summed E-state index contributed by atoms with van der Waals surface area (Å²) in [6, 6.07) is 0. The van der Waals surface area contributed by atoms with Gasteiger partial charge in [0.05, 0.1) is 0 Å². The summed E-state index contributed by atoms with van der Waals surface area (Å²) in [5.74, 6) is 0. The van der Waals surface area contributed by atoms with Crippen molar-refractivity contribution < 1.29 is 0 Å². The molecule has 0 unspecified atom stereocenters. The molecule has 0 saturated carbocycles. The predicted molar refractivity (Wildman–Crippen MR) is 126 cm³/mol. The Bertz CT molecular complexity index is 967. The quantitative estimate of drug-likeness (QED) is 0.279. The number of rotatable bonds is 0. The molecule has 20 heteroatoms. The van der Waals surface area contributed by atoms with Crippen molar-refractivity contribution in [3.05, 3.63) is 25.3 Å². The van der Waals surface area contributed by atoms with Crippen molar-refractivity contribution in [3.8, 4) is 0 Å². The van der Waals surface area contributed by atoms with Crippen LogP contribution in [0.15, 0.2) is 66.6 Å². The minimum Gasteiger partial charge on any atom is -0.210 e. The fourth-order valence-electron chi connectivity index (χ4n) is 1.69. The second-order valence-corrected chi connectivity index (χ2v) is 13.1. The lowest BCUT2D eigenvalue weighted by molar-refractivity contribution is 0.798. The third-order valence-corrected chi connectivity index (χ3v) is 10.6. The van der Waals surface area contributed by atoms with E-state index in [-0.39, 0.29) is 0 Å². The van der Waals surface area contributed by atoms with E-state index in [4.69, 9.17) is 0 Å². The van der Waals surface area contributed by atoms with Crippen LogP contribution in [0, 0.1) is 0 Å². The SMILES string of the molecule is c1nc2nc(n1)SSc1ncnc(n1)SSc1ncnc(n1)SSc1ncnc(n1)SS2.